The van der Waals surface area contributed by atoms with Crippen molar-refractivity contribution in [1.29, 1.82) is 0 Å². The Labute approximate surface area is 148 Å². The number of carbonyl (C=O) groups excluding carboxylic acids is 1. The molecule has 0 unspecified atom stereocenters. The molecule has 2 aromatic rings. The van der Waals surface area contributed by atoms with Crippen molar-refractivity contribution in [3.63, 3.8) is 0 Å². The van der Waals surface area contributed by atoms with Gasteiger partial charge in [-0.15, -0.1) is 0 Å². The quantitative estimate of drug-likeness (QED) is 0.924. The number of aryl methyl sites for hydroxylation is 1. The van der Waals surface area contributed by atoms with Crippen molar-refractivity contribution in [3.05, 3.63) is 59.4 Å². The number of nitrogens with zero attached hydrogens (tertiary/aromatic N) is 2. The van der Waals surface area contributed by atoms with E-state index in [1.807, 2.05) is 13.0 Å². The van der Waals surface area contributed by atoms with Crippen LogP contribution >= 0.6 is 0 Å². The van der Waals surface area contributed by atoms with Crippen LogP contribution in [0.5, 0.6) is 0 Å². The molecule has 1 saturated heterocycles. The van der Waals surface area contributed by atoms with Gasteiger partial charge in [0.15, 0.2) is 0 Å². The number of carbonyl (C=O) groups is 1. The summed E-state index contributed by atoms with van der Waals surface area (Å²) in [4.78, 5) is 17.1. The lowest BCUT2D eigenvalue weighted by atomic mass is 10.1. The Morgan fingerprint density at radius 2 is 1.76 bits per heavy atom. The maximum atomic E-state index is 13.0. The van der Waals surface area contributed by atoms with E-state index in [1.54, 1.807) is 0 Å². The van der Waals surface area contributed by atoms with Gasteiger partial charge in [0.2, 0.25) is 0 Å². The second kappa shape index (κ2) is 7.66. The minimum absolute atomic E-state index is 0.229. The lowest BCUT2D eigenvalue weighted by Crippen LogP contribution is -2.46. The first-order valence-electron chi connectivity index (χ1n) is 8.71. The minimum Gasteiger partial charge on any atom is -0.369 e. The standard InChI is InChI=1S/C20H24FN3O/c1-3-23-10-12-24(13-11-23)18-8-9-19(15(2)14-18)22-20(25)16-4-6-17(21)7-5-16/h4-9,14H,3,10-13H2,1-2H3,(H,22,25). The summed E-state index contributed by atoms with van der Waals surface area (Å²) >= 11 is 0. The maximum absolute atomic E-state index is 13.0. The van der Waals surface area contributed by atoms with Crippen molar-refractivity contribution in [3.8, 4) is 0 Å². The third-order valence-corrected chi connectivity index (χ3v) is 4.75. The molecule has 4 nitrogen and oxygen atoms in total. The van der Waals surface area contributed by atoms with Crippen LogP contribution in [0, 0.1) is 12.7 Å². The third kappa shape index (κ3) is 4.17. The van der Waals surface area contributed by atoms with E-state index in [9.17, 15) is 9.18 Å². The van der Waals surface area contributed by atoms with E-state index in [1.165, 1.54) is 30.0 Å². The second-order valence-electron chi connectivity index (χ2n) is 6.38. The van der Waals surface area contributed by atoms with Gasteiger partial charge in [-0.3, -0.25) is 4.79 Å². The van der Waals surface area contributed by atoms with Crippen LogP contribution in [0.25, 0.3) is 0 Å². The molecule has 3 rings (SSSR count). The molecular weight excluding hydrogens is 317 g/mol. The molecule has 0 saturated carbocycles. The molecule has 1 amide bonds. The fourth-order valence-electron chi connectivity index (χ4n) is 3.10. The third-order valence-electron chi connectivity index (χ3n) is 4.75. The molecule has 1 aliphatic rings. The van der Waals surface area contributed by atoms with Gasteiger partial charge in [-0.25, -0.2) is 4.39 Å². The molecule has 5 heteroatoms. The molecule has 1 N–H and O–H groups in total. The zero-order valence-electron chi connectivity index (χ0n) is 14.8. The second-order valence-corrected chi connectivity index (χ2v) is 6.38. The molecule has 1 fully saturated rings. The van der Waals surface area contributed by atoms with Crippen molar-refractivity contribution in [2.75, 3.05) is 42.9 Å². The van der Waals surface area contributed by atoms with Gasteiger partial charge in [-0.1, -0.05) is 6.92 Å². The Balaban J connectivity index is 1.68. The van der Waals surface area contributed by atoms with Gasteiger partial charge in [0.05, 0.1) is 0 Å². The predicted octanol–water partition coefficient (Wildman–Crippen LogP) is 3.53. The number of likely N-dealkylation sites (N-methyl/N-ethyl adjacent to an activating group) is 1. The molecule has 2 aromatic carbocycles. The number of hydrogen-bond acceptors (Lipinski definition) is 3. The van der Waals surface area contributed by atoms with E-state index in [-0.39, 0.29) is 11.7 Å². The van der Waals surface area contributed by atoms with Gasteiger partial charge in [0.1, 0.15) is 5.82 Å². The fraction of sp³-hybridized carbons (Fsp3) is 0.350. The van der Waals surface area contributed by atoms with Crippen LogP contribution in [0.3, 0.4) is 0 Å². The summed E-state index contributed by atoms with van der Waals surface area (Å²) in [5, 5.41) is 2.90. The lowest BCUT2D eigenvalue weighted by molar-refractivity contribution is 0.102. The van der Waals surface area contributed by atoms with Crippen LogP contribution in [0.15, 0.2) is 42.5 Å². The summed E-state index contributed by atoms with van der Waals surface area (Å²) in [6, 6.07) is 11.7. The van der Waals surface area contributed by atoms with E-state index in [2.05, 4.69) is 34.2 Å². The van der Waals surface area contributed by atoms with Crippen LogP contribution in [0.2, 0.25) is 0 Å². The van der Waals surface area contributed by atoms with Gasteiger partial charge in [0.25, 0.3) is 5.91 Å². The van der Waals surface area contributed by atoms with Crippen molar-refractivity contribution < 1.29 is 9.18 Å². The van der Waals surface area contributed by atoms with E-state index >= 15 is 0 Å². The highest BCUT2D eigenvalue weighted by molar-refractivity contribution is 6.04. The highest BCUT2D eigenvalue weighted by Gasteiger charge is 2.16. The normalized spacial score (nSPS) is 15.2. The van der Waals surface area contributed by atoms with Crippen molar-refractivity contribution in [1.82, 2.24) is 4.90 Å². The number of piperazine rings is 1. The number of nitrogens with one attached hydrogen (secondary N) is 1. The van der Waals surface area contributed by atoms with Gasteiger partial charge >= 0.3 is 0 Å². The van der Waals surface area contributed by atoms with Gasteiger partial charge in [-0.2, -0.15) is 0 Å². The number of hydrogen-bond donors (Lipinski definition) is 1. The number of halogens is 1. The number of rotatable bonds is 4. The summed E-state index contributed by atoms with van der Waals surface area (Å²) in [6.07, 6.45) is 0. The summed E-state index contributed by atoms with van der Waals surface area (Å²) in [6.45, 7) is 9.49. The largest absolute Gasteiger partial charge is 0.369 e. The van der Waals surface area contributed by atoms with E-state index in [0.717, 1.165) is 44.0 Å². The average Bonchev–Trinajstić information content (AvgIpc) is 2.64. The first kappa shape index (κ1) is 17.4. The van der Waals surface area contributed by atoms with Crippen LogP contribution in [-0.4, -0.2) is 43.5 Å². The molecule has 25 heavy (non-hydrogen) atoms. The van der Waals surface area contributed by atoms with Gasteiger partial charge in [0, 0.05) is 43.1 Å². The monoisotopic (exact) mass is 341 g/mol. The molecule has 0 spiro atoms. The number of anilines is 2. The van der Waals surface area contributed by atoms with Crippen LogP contribution in [0.1, 0.15) is 22.8 Å². The maximum Gasteiger partial charge on any atom is 0.255 e. The molecule has 132 valence electrons. The Kier molecular flexibility index (Phi) is 5.34. The first-order valence-corrected chi connectivity index (χ1v) is 8.71. The SMILES string of the molecule is CCN1CCN(c2ccc(NC(=O)c3ccc(F)cc3)c(C)c2)CC1. The van der Waals surface area contributed by atoms with Crippen LogP contribution < -0.4 is 10.2 Å². The Morgan fingerprint density at radius 3 is 2.36 bits per heavy atom. The molecule has 0 aromatic heterocycles. The summed E-state index contributed by atoms with van der Waals surface area (Å²) in [5.74, 6) is -0.576. The summed E-state index contributed by atoms with van der Waals surface area (Å²) < 4.78 is 13.0. The molecule has 1 heterocycles. The van der Waals surface area contributed by atoms with Crippen LogP contribution in [-0.2, 0) is 0 Å². The predicted molar refractivity (Wildman–Crippen MR) is 99.9 cm³/mol. The molecule has 0 bridgehead atoms. The Bertz CT molecular complexity index is 737. The molecular formula is C20H24FN3O. The summed E-state index contributed by atoms with van der Waals surface area (Å²) in [5.41, 5.74) is 3.43. The average molecular weight is 341 g/mol. The Hall–Kier alpha value is -2.40. The van der Waals surface area contributed by atoms with Gasteiger partial charge < -0.3 is 15.1 Å². The van der Waals surface area contributed by atoms with Crippen LogP contribution in [0.4, 0.5) is 15.8 Å². The smallest absolute Gasteiger partial charge is 0.255 e. The Morgan fingerprint density at radius 1 is 1.08 bits per heavy atom. The first-order chi connectivity index (χ1) is 12.1. The zero-order chi connectivity index (χ0) is 17.8. The molecule has 0 radical (unpaired) electrons. The highest BCUT2D eigenvalue weighted by Crippen LogP contribution is 2.24. The number of amides is 1. The fourth-order valence-corrected chi connectivity index (χ4v) is 3.10. The van der Waals surface area contributed by atoms with Crippen molar-refractivity contribution >= 4 is 17.3 Å². The minimum atomic E-state index is -0.347. The van der Waals surface area contributed by atoms with Gasteiger partial charge in [-0.05, 0) is 61.5 Å². The zero-order valence-corrected chi connectivity index (χ0v) is 14.8. The molecule has 0 atom stereocenters. The van der Waals surface area contributed by atoms with E-state index in [4.69, 9.17) is 0 Å². The topological polar surface area (TPSA) is 35.6 Å². The highest BCUT2D eigenvalue weighted by atomic mass is 19.1. The summed E-state index contributed by atoms with van der Waals surface area (Å²) in [7, 11) is 0. The van der Waals surface area contributed by atoms with Crippen molar-refractivity contribution in [2.24, 2.45) is 0 Å². The number of benzene rings is 2. The molecule has 1 aliphatic heterocycles. The van der Waals surface area contributed by atoms with E-state index < -0.39 is 0 Å². The van der Waals surface area contributed by atoms with Crippen molar-refractivity contribution in [2.45, 2.75) is 13.8 Å². The van der Waals surface area contributed by atoms with E-state index in [0.29, 0.717) is 5.56 Å². The lowest BCUT2D eigenvalue weighted by Gasteiger charge is -2.35. The molecule has 0 aliphatic carbocycles.